The zero-order valence-electron chi connectivity index (χ0n) is 29.8. The first-order valence-corrected chi connectivity index (χ1v) is 20.3. The molecular formula is C50H28N4S2. The molecule has 0 bridgehead atoms. The summed E-state index contributed by atoms with van der Waals surface area (Å²) in [5.74, 6) is 1.98. The van der Waals surface area contributed by atoms with Gasteiger partial charge in [0, 0.05) is 78.8 Å². The minimum atomic E-state index is 0.658. The highest BCUT2D eigenvalue weighted by Crippen LogP contribution is 2.46. The van der Waals surface area contributed by atoms with Gasteiger partial charge in [-0.1, -0.05) is 146 Å². The lowest BCUT2D eigenvalue weighted by Gasteiger charge is -2.11. The third kappa shape index (κ3) is 4.83. The molecule has 4 nitrogen and oxygen atoms in total. The SMILES string of the molecule is c1ccc(-c2nc3ccccc3c3c2ccc2c4cccc(-c5nc(-c6ccc7c(c6)sc6ccccc67)nc(-c6cccc7ccccc67)n5)c4sc23)cc1. The van der Waals surface area contributed by atoms with Gasteiger partial charge in [0.05, 0.1) is 11.2 Å². The molecule has 0 aliphatic carbocycles. The predicted octanol–water partition coefficient (Wildman–Crippen LogP) is 14.1. The molecule has 8 aromatic carbocycles. The van der Waals surface area contributed by atoms with E-state index in [9.17, 15) is 0 Å². The van der Waals surface area contributed by atoms with Crippen LogP contribution in [0, 0.1) is 0 Å². The zero-order valence-corrected chi connectivity index (χ0v) is 31.4. The maximum Gasteiger partial charge on any atom is 0.165 e. The van der Waals surface area contributed by atoms with Gasteiger partial charge in [0.2, 0.25) is 0 Å². The van der Waals surface area contributed by atoms with Crippen molar-refractivity contribution in [3.8, 4) is 45.4 Å². The minimum Gasteiger partial charge on any atom is -0.247 e. The van der Waals surface area contributed by atoms with E-state index >= 15 is 0 Å². The summed E-state index contributed by atoms with van der Waals surface area (Å²) >= 11 is 3.62. The highest BCUT2D eigenvalue weighted by atomic mass is 32.1. The summed E-state index contributed by atoms with van der Waals surface area (Å²) in [5.41, 5.74) is 6.04. The summed E-state index contributed by atoms with van der Waals surface area (Å²) in [7, 11) is 0. The van der Waals surface area contributed by atoms with Crippen molar-refractivity contribution in [1.82, 2.24) is 19.9 Å². The summed E-state index contributed by atoms with van der Waals surface area (Å²) in [6.07, 6.45) is 0. The van der Waals surface area contributed by atoms with E-state index < -0.39 is 0 Å². The fourth-order valence-electron chi connectivity index (χ4n) is 8.31. The van der Waals surface area contributed by atoms with Gasteiger partial charge in [-0.05, 0) is 35.0 Å². The van der Waals surface area contributed by atoms with Crippen LogP contribution >= 0.6 is 22.7 Å². The Morgan fingerprint density at radius 2 is 0.964 bits per heavy atom. The summed E-state index contributed by atoms with van der Waals surface area (Å²) in [6.45, 7) is 0. The highest BCUT2D eigenvalue weighted by molar-refractivity contribution is 7.27. The number of para-hydroxylation sites is 1. The van der Waals surface area contributed by atoms with E-state index in [1.54, 1.807) is 11.3 Å². The number of pyridine rings is 1. The van der Waals surface area contributed by atoms with Crippen LogP contribution in [-0.4, -0.2) is 19.9 Å². The number of nitrogens with zero attached hydrogens (tertiary/aromatic N) is 4. The molecule has 56 heavy (non-hydrogen) atoms. The van der Waals surface area contributed by atoms with Crippen molar-refractivity contribution in [2.75, 3.05) is 0 Å². The Morgan fingerprint density at radius 1 is 0.339 bits per heavy atom. The second kappa shape index (κ2) is 12.3. The van der Waals surface area contributed by atoms with Crippen molar-refractivity contribution in [3.05, 3.63) is 170 Å². The second-order valence-corrected chi connectivity index (χ2v) is 16.2. The van der Waals surface area contributed by atoms with Crippen LogP contribution in [-0.2, 0) is 0 Å². The van der Waals surface area contributed by atoms with Crippen LogP contribution in [0.5, 0.6) is 0 Å². The van der Waals surface area contributed by atoms with Crippen LogP contribution in [0.2, 0.25) is 0 Å². The maximum atomic E-state index is 5.31. The van der Waals surface area contributed by atoms with Crippen LogP contribution in [0.25, 0.3) is 118 Å². The number of hydrogen-bond acceptors (Lipinski definition) is 6. The standard InChI is InChI=1S/C50H28N4S2/c1-2-13-30(14-3-1)45-39-27-26-36-35-19-11-21-40(46(35)56-47(36)44(39)38-18-6-8-22-41(38)51-45)50-53-48(31-24-25-34-33-17-7-9-23-42(33)55-43(34)28-31)52-49(54-50)37-20-10-15-29-12-4-5-16-32(29)37/h1-28H. The molecule has 260 valence electrons. The molecule has 0 amide bonds. The smallest absolute Gasteiger partial charge is 0.165 e. The molecule has 0 atom stereocenters. The molecule has 0 radical (unpaired) electrons. The lowest BCUT2D eigenvalue weighted by Crippen LogP contribution is -2.00. The normalized spacial score (nSPS) is 11.9. The molecular weight excluding hydrogens is 721 g/mol. The number of fused-ring (bicyclic) bond motifs is 11. The van der Waals surface area contributed by atoms with Crippen molar-refractivity contribution in [2.24, 2.45) is 0 Å². The molecule has 0 saturated heterocycles. The van der Waals surface area contributed by atoms with Gasteiger partial charge in [-0.2, -0.15) is 0 Å². The van der Waals surface area contributed by atoms with Crippen molar-refractivity contribution >= 4 is 95.5 Å². The van der Waals surface area contributed by atoms with E-state index in [2.05, 4.69) is 170 Å². The Morgan fingerprint density at radius 3 is 1.88 bits per heavy atom. The quantitative estimate of drug-likeness (QED) is 0.168. The topological polar surface area (TPSA) is 51.6 Å². The molecule has 0 spiro atoms. The summed E-state index contributed by atoms with van der Waals surface area (Å²) in [5, 5.41) is 10.7. The zero-order chi connectivity index (χ0) is 36.7. The molecule has 6 heteroatoms. The van der Waals surface area contributed by atoms with E-state index in [0.717, 1.165) is 59.7 Å². The molecule has 0 aliphatic heterocycles. The van der Waals surface area contributed by atoms with Gasteiger partial charge < -0.3 is 0 Å². The Kier molecular flexibility index (Phi) is 6.93. The molecule has 4 aromatic heterocycles. The Balaban J connectivity index is 1.13. The van der Waals surface area contributed by atoms with E-state index in [1.807, 2.05) is 11.3 Å². The van der Waals surface area contributed by atoms with Crippen molar-refractivity contribution in [3.63, 3.8) is 0 Å². The maximum absolute atomic E-state index is 5.31. The van der Waals surface area contributed by atoms with Gasteiger partial charge in [-0.25, -0.2) is 19.9 Å². The van der Waals surface area contributed by atoms with Crippen LogP contribution in [0.1, 0.15) is 0 Å². The Hall–Kier alpha value is -6.86. The number of hydrogen-bond donors (Lipinski definition) is 0. The molecule has 0 unspecified atom stereocenters. The van der Waals surface area contributed by atoms with E-state index in [4.69, 9.17) is 19.9 Å². The molecule has 0 N–H and O–H groups in total. The first-order chi connectivity index (χ1) is 27.7. The molecule has 0 saturated carbocycles. The fourth-order valence-corrected chi connectivity index (χ4v) is 10.8. The lowest BCUT2D eigenvalue weighted by molar-refractivity contribution is 1.08. The molecule has 12 rings (SSSR count). The van der Waals surface area contributed by atoms with E-state index in [1.165, 1.54) is 41.0 Å². The van der Waals surface area contributed by atoms with Gasteiger partial charge in [0.25, 0.3) is 0 Å². The van der Waals surface area contributed by atoms with Crippen molar-refractivity contribution in [2.45, 2.75) is 0 Å². The Bertz CT molecular complexity index is 3540. The Labute approximate surface area is 329 Å². The summed E-state index contributed by atoms with van der Waals surface area (Å²) in [6, 6.07) is 60.1. The monoisotopic (exact) mass is 748 g/mol. The van der Waals surface area contributed by atoms with Gasteiger partial charge in [-0.15, -0.1) is 22.7 Å². The highest BCUT2D eigenvalue weighted by Gasteiger charge is 2.21. The average Bonchev–Trinajstić information content (AvgIpc) is 3.84. The van der Waals surface area contributed by atoms with Gasteiger partial charge in [0.15, 0.2) is 17.5 Å². The largest absolute Gasteiger partial charge is 0.247 e. The summed E-state index contributed by atoms with van der Waals surface area (Å²) in [4.78, 5) is 21.0. The van der Waals surface area contributed by atoms with Crippen LogP contribution < -0.4 is 0 Å². The van der Waals surface area contributed by atoms with Crippen molar-refractivity contribution < 1.29 is 0 Å². The third-order valence-electron chi connectivity index (χ3n) is 10.9. The van der Waals surface area contributed by atoms with Crippen LogP contribution in [0.4, 0.5) is 0 Å². The molecule has 0 fully saturated rings. The molecule has 12 aromatic rings. The predicted molar refractivity (Wildman–Crippen MR) is 238 cm³/mol. The average molecular weight is 749 g/mol. The van der Waals surface area contributed by atoms with Gasteiger partial charge >= 0.3 is 0 Å². The van der Waals surface area contributed by atoms with Crippen LogP contribution in [0.3, 0.4) is 0 Å². The lowest BCUT2D eigenvalue weighted by atomic mass is 9.98. The number of thiophene rings is 2. The molecule has 4 heterocycles. The summed E-state index contributed by atoms with van der Waals surface area (Å²) < 4.78 is 4.88. The van der Waals surface area contributed by atoms with E-state index in [-0.39, 0.29) is 0 Å². The molecule has 0 aliphatic rings. The number of rotatable bonds is 4. The minimum absolute atomic E-state index is 0.658. The van der Waals surface area contributed by atoms with E-state index in [0.29, 0.717) is 17.5 Å². The van der Waals surface area contributed by atoms with Gasteiger partial charge in [-0.3, -0.25) is 0 Å². The number of benzene rings is 8. The first-order valence-electron chi connectivity index (χ1n) is 18.6. The van der Waals surface area contributed by atoms with Crippen LogP contribution in [0.15, 0.2) is 170 Å². The second-order valence-electron chi connectivity index (χ2n) is 14.1. The number of aromatic nitrogens is 4. The van der Waals surface area contributed by atoms with Crippen molar-refractivity contribution in [1.29, 1.82) is 0 Å². The third-order valence-corrected chi connectivity index (χ3v) is 13.3. The first kappa shape index (κ1) is 31.5. The fraction of sp³-hybridized carbons (Fsp3) is 0. The van der Waals surface area contributed by atoms with Gasteiger partial charge in [0.1, 0.15) is 0 Å².